The molecule has 0 saturated carbocycles. The normalized spacial score (nSPS) is 14.6. The molecule has 124 valence electrons. The van der Waals surface area contributed by atoms with Gasteiger partial charge < -0.3 is 0 Å². The standard InChI is InChI=1S/C14H20N4O2P2S/c15-21(16,19)20-22(17,23)18(11-13-7-3-1-4-8-13)12-14-9-5-2-6-10-14/h1-10H,11-12H2,(H2,17,23)(H4,15,16,19). The molecule has 0 spiro atoms. The molecule has 0 aliphatic heterocycles. The Morgan fingerprint density at radius 2 is 1.26 bits per heavy atom. The monoisotopic (exact) mass is 370 g/mol. The van der Waals surface area contributed by atoms with Crippen molar-refractivity contribution in [3.05, 3.63) is 71.8 Å². The van der Waals surface area contributed by atoms with Gasteiger partial charge in [-0.05, 0) is 22.9 Å². The number of nitrogens with zero attached hydrogens (tertiary/aromatic N) is 1. The van der Waals surface area contributed by atoms with Crippen LogP contribution in [-0.4, -0.2) is 4.67 Å². The van der Waals surface area contributed by atoms with E-state index >= 15 is 0 Å². The fraction of sp³-hybridized carbons (Fsp3) is 0.143. The van der Waals surface area contributed by atoms with Crippen LogP contribution in [0.15, 0.2) is 60.7 Å². The van der Waals surface area contributed by atoms with Crippen molar-refractivity contribution in [2.45, 2.75) is 13.1 Å². The van der Waals surface area contributed by atoms with Gasteiger partial charge in [-0.25, -0.2) is 20.0 Å². The van der Waals surface area contributed by atoms with Crippen LogP contribution in [0.4, 0.5) is 0 Å². The van der Waals surface area contributed by atoms with E-state index in [4.69, 9.17) is 32.6 Å². The summed E-state index contributed by atoms with van der Waals surface area (Å²) in [5, 5.41) is 0. The third kappa shape index (κ3) is 6.26. The summed E-state index contributed by atoms with van der Waals surface area (Å²) in [4.78, 5) is 0. The average molecular weight is 370 g/mol. The maximum atomic E-state index is 11.6. The van der Waals surface area contributed by atoms with Crippen molar-refractivity contribution in [2.75, 3.05) is 0 Å². The van der Waals surface area contributed by atoms with Crippen LogP contribution in [0.1, 0.15) is 11.1 Å². The van der Waals surface area contributed by atoms with Gasteiger partial charge in [0.05, 0.1) is 0 Å². The first-order valence-corrected chi connectivity index (χ1v) is 11.4. The van der Waals surface area contributed by atoms with Crippen molar-refractivity contribution in [3.8, 4) is 0 Å². The number of hydrogen-bond donors (Lipinski definition) is 3. The lowest BCUT2D eigenvalue weighted by Gasteiger charge is -2.32. The molecule has 9 heteroatoms. The predicted molar refractivity (Wildman–Crippen MR) is 97.7 cm³/mol. The summed E-state index contributed by atoms with van der Waals surface area (Å²) in [5.41, 5.74) is 18.8. The summed E-state index contributed by atoms with van der Waals surface area (Å²) in [6.45, 7) is -2.21. The molecule has 6 nitrogen and oxygen atoms in total. The van der Waals surface area contributed by atoms with Gasteiger partial charge in [-0.15, -0.1) is 0 Å². The Labute approximate surface area is 141 Å². The molecule has 1 unspecified atom stereocenters. The zero-order chi connectivity index (χ0) is 16.9. The Bertz CT molecular complexity index is 683. The number of nitrogens with two attached hydrogens (primary N) is 3. The summed E-state index contributed by atoms with van der Waals surface area (Å²) < 4.78 is 18.6. The minimum atomic E-state index is -3.77. The molecule has 0 aromatic heterocycles. The van der Waals surface area contributed by atoms with Crippen LogP contribution >= 0.6 is 14.2 Å². The molecule has 2 rings (SSSR count). The van der Waals surface area contributed by atoms with Crippen LogP contribution in [-0.2, 0) is 33.8 Å². The summed E-state index contributed by atoms with van der Waals surface area (Å²) in [7, 11) is -3.77. The van der Waals surface area contributed by atoms with Gasteiger partial charge in [0.15, 0.2) is 0 Å². The van der Waals surface area contributed by atoms with Crippen LogP contribution < -0.4 is 16.5 Å². The highest BCUT2D eigenvalue weighted by atomic mass is 32.5. The summed E-state index contributed by atoms with van der Waals surface area (Å²) in [5.74, 6) is 0. The van der Waals surface area contributed by atoms with Gasteiger partial charge in [-0.2, -0.15) is 0 Å². The van der Waals surface area contributed by atoms with E-state index in [9.17, 15) is 4.57 Å². The largest absolute Gasteiger partial charge is 0.341 e. The Morgan fingerprint density at radius 1 is 0.870 bits per heavy atom. The molecule has 0 heterocycles. The van der Waals surface area contributed by atoms with Crippen LogP contribution in [0, 0.1) is 0 Å². The summed E-state index contributed by atoms with van der Waals surface area (Å²) in [6, 6.07) is 19.4. The summed E-state index contributed by atoms with van der Waals surface area (Å²) in [6.07, 6.45) is 0. The lowest BCUT2D eigenvalue weighted by atomic mass is 10.2. The maximum Gasteiger partial charge on any atom is 0.341 e. The van der Waals surface area contributed by atoms with Gasteiger partial charge in [-0.3, -0.25) is 10.1 Å². The van der Waals surface area contributed by atoms with Crippen LogP contribution in [0.25, 0.3) is 0 Å². The van der Waals surface area contributed by atoms with Gasteiger partial charge in [0.1, 0.15) is 0 Å². The van der Waals surface area contributed by atoms with Gasteiger partial charge >= 0.3 is 7.67 Å². The fourth-order valence-electron chi connectivity index (χ4n) is 2.08. The first kappa shape index (κ1) is 18.5. The molecule has 0 aliphatic carbocycles. The second kappa shape index (κ2) is 7.79. The fourth-order valence-corrected chi connectivity index (χ4v) is 5.96. The molecular formula is C14H20N4O2P2S. The Balaban J connectivity index is 2.27. The average Bonchev–Trinajstić information content (AvgIpc) is 2.46. The quantitative estimate of drug-likeness (QED) is 0.643. The van der Waals surface area contributed by atoms with Crippen molar-refractivity contribution in [1.29, 1.82) is 0 Å². The zero-order valence-corrected chi connectivity index (χ0v) is 15.1. The molecule has 23 heavy (non-hydrogen) atoms. The Hall–Kier alpha value is -0.880. The number of rotatable bonds is 7. The molecule has 2 aromatic carbocycles. The van der Waals surface area contributed by atoms with E-state index in [1.807, 2.05) is 60.7 Å². The lowest BCUT2D eigenvalue weighted by molar-refractivity contribution is 0.394. The molecule has 2 aromatic rings. The second-order valence-electron chi connectivity index (χ2n) is 5.08. The van der Waals surface area contributed by atoms with Crippen LogP contribution in [0.5, 0.6) is 0 Å². The topological polar surface area (TPSA) is 108 Å². The summed E-state index contributed by atoms with van der Waals surface area (Å²) >= 11 is 5.37. The first-order valence-electron chi connectivity index (χ1n) is 6.87. The Morgan fingerprint density at radius 3 is 1.61 bits per heavy atom. The first-order chi connectivity index (χ1) is 10.8. The van der Waals surface area contributed by atoms with E-state index in [0.717, 1.165) is 11.1 Å². The molecule has 1 atom stereocenters. The van der Waals surface area contributed by atoms with Crippen molar-refractivity contribution in [3.63, 3.8) is 0 Å². The van der Waals surface area contributed by atoms with Gasteiger partial charge in [-0.1, -0.05) is 60.7 Å². The molecule has 0 radical (unpaired) electrons. The Kier molecular flexibility index (Phi) is 6.26. The van der Waals surface area contributed by atoms with Crippen LogP contribution in [0.3, 0.4) is 0 Å². The van der Waals surface area contributed by atoms with E-state index in [1.54, 1.807) is 4.67 Å². The highest BCUT2D eigenvalue weighted by Crippen LogP contribution is 2.54. The van der Waals surface area contributed by atoms with E-state index < -0.39 is 14.2 Å². The number of hydrogen-bond acceptors (Lipinski definition) is 3. The molecule has 0 aliphatic rings. The third-order valence-corrected chi connectivity index (χ3v) is 7.38. The van der Waals surface area contributed by atoms with Crippen molar-refractivity contribution >= 4 is 26.0 Å². The minimum absolute atomic E-state index is 0.448. The predicted octanol–water partition coefficient (Wildman–Crippen LogP) is 2.91. The molecule has 0 fully saturated rings. The van der Waals surface area contributed by atoms with Crippen molar-refractivity contribution < 1.29 is 8.88 Å². The molecule has 6 N–H and O–H groups in total. The van der Waals surface area contributed by atoms with Crippen molar-refractivity contribution in [2.24, 2.45) is 16.5 Å². The van der Waals surface area contributed by atoms with E-state index in [1.165, 1.54) is 0 Å². The molecule has 0 bridgehead atoms. The molecule has 0 saturated heterocycles. The smallest absolute Gasteiger partial charge is 0.269 e. The SMILES string of the molecule is NP(N)(=O)OP(N)(=S)N(Cc1ccccc1)Cc1ccccc1. The maximum absolute atomic E-state index is 11.6. The van der Waals surface area contributed by atoms with E-state index in [-0.39, 0.29) is 0 Å². The zero-order valence-electron chi connectivity index (χ0n) is 12.5. The lowest BCUT2D eigenvalue weighted by Crippen LogP contribution is -2.26. The van der Waals surface area contributed by atoms with Gasteiger partial charge in [0.2, 0.25) is 6.57 Å². The third-order valence-electron chi connectivity index (χ3n) is 3.05. The van der Waals surface area contributed by atoms with Gasteiger partial charge in [0, 0.05) is 13.1 Å². The minimum Gasteiger partial charge on any atom is -0.269 e. The second-order valence-corrected chi connectivity index (χ2v) is 10.3. The number of benzene rings is 2. The van der Waals surface area contributed by atoms with Crippen LogP contribution in [0.2, 0.25) is 0 Å². The highest BCUT2D eigenvalue weighted by Gasteiger charge is 2.29. The van der Waals surface area contributed by atoms with E-state index in [2.05, 4.69) is 0 Å². The highest BCUT2D eigenvalue weighted by molar-refractivity contribution is 8.11. The molecule has 0 amide bonds. The van der Waals surface area contributed by atoms with Gasteiger partial charge in [0.25, 0.3) is 0 Å². The molecular weight excluding hydrogens is 350 g/mol. The van der Waals surface area contributed by atoms with Crippen molar-refractivity contribution in [1.82, 2.24) is 4.67 Å². The van der Waals surface area contributed by atoms with E-state index in [0.29, 0.717) is 13.1 Å².